The lowest BCUT2D eigenvalue weighted by Gasteiger charge is -2.21. The molecule has 1 saturated heterocycles. The Morgan fingerprint density at radius 3 is 2.68 bits per heavy atom. The number of para-hydroxylation sites is 1. The van der Waals surface area contributed by atoms with Gasteiger partial charge in [0.1, 0.15) is 0 Å². The van der Waals surface area contributed by atoms with E-state index in [1.807, 2.05) is 19.1 Å². The van der Waals surface area contributed by atoms with Gasteiger partial charge in [0.05, 0.1) is 17.1 Å². The highest BCUT2D eigenvalue weighted by Crippen LogP contribution is 2.32. The van der Waals surface area contributed by atoms with E-state index in [9.17, 15) is 13.2 Å². The van der Waals surface area contributed by atoms with Crippen LogP contribution in [0.5, 0.6) is 0 Å². The van der Waals surface area contributed by atoms with E-state index in [0.717, 1.165) is 5.56 Å². The fraction of sp³-hybridized carbons (Fsp3) is 0.417. The molecule has 2 rings (SSSR count). The molecule has 19 heavy (non-hydrogen) atoms. The van der Waals surface area contributed by atoms with Crippen LogP contribution in [0.1, 0.15) is 12.0 Å². The minimum Gasteiger partial charge on any atom is -0.397 e. The Labute approximate surface area is 112 Å². The minimum atomic E-state index is -3.57. The summed E-state index contributed by atoms with van der Waals surface area (Å²) in [5, 5.41) is 5.02. The number of hydrogen-bond donors (Lipinski definition) is 2. The number of nitrogens with zero attached hydrogens (tertiary/aromatic N) is 1. The maximum Gasteiger partial charge on any atom is 0.227 e. The van der Waals surface area contributed by atoms with Crippen LogP contribution in [0.2, 0.25) is 0 Å². The van der Waals surface area contributed by atoms with E-state index in [-0.39, 0.29) is 24.0 Å². The van der Waals surface area contributed by atoms with Crippen LogP contribution in [-0.2, 0) is 14.8 Å². The van der Waals surface area contributed by atoms with Gasteiger partial charge >= 0.3 is 0 Å². The highest BCUT2D eigenvalue weighted by molar-refractivity contribution is 7.89. The SMILES string of the molecule is Cc1cccc(N)c1N1CC(CS(N)(=O)=O)CC1=O. The van der Waals surface area contributed by atoms with Gasteiger partial charge in [-0.1, -0.05) is 12.1 Å². The van der Waals surface area contributed by atoms with E-state index in [2.05, 4.69) is 0 Å². The highest BCUT2D eigenvalue weighted by atomic mass is 32.2. The molecule has 1 atom stereocenters. The summed E-state index contributed by atoms with van der Waals surface area (Å²) in [6.45, 7) is 2.20. The fourth-order valence-electron chi connectivity index (χ4n) is 2.49. The van der Waals surface area contributed by atoms with Crippen molar-refractivity contribution in [2.75, 3.05) is 22.9 Å². The van der Waals surface area contributed by atoms with Crippen LogP contribution >= 0.6 is 0 Å². The van der Waals surface area contributed by atoms with E-state index in [0.29, 0.717) is 17.9 Å². The largest absolute Gasteiger partial charge is 0.397 e. The van der Waals surface area contributed by atoms with Gasteiger partial charge < -0.3 is 10.6 Å². The number of benzene rings is 1. The Kier molecular flexibility index (Phi) is 3.51. The number of aryl methyl sites for hydroxylation is 1. The fourth-order valence-corrected chi connectivity index (χ4v) is 3.37. The number of anilines is 2. The third-order valence-electron chi connectivity index (χ3n) is 3.21. The molecule has 0 bridgehead atoms. The Hall–Kier alpha value is -1.60. The number of amides is 1. The first kappa shape index (κ1) is 13.8. The molecule has 1 aromatic carbocycles. The monoisotopic (exact) mass is 283 g/mol. The highest BCUT2D eigenvalue weighted by Gasteiger charge is 2.34. The van der Waals surface area contributed by atoms with E-state index in [1.54, 1.807) is 11.0 Å². The number of carbonyl (C=O) groups is 1. The molecular weight excluding hydrogens is 266 g/mol. The van der Waals surface area contributed by atoms with Crippen molar-refractivity contribution < 1.29 is 13.2 Å². The molecule has 0 saturated carbocycles. The molecule has 1 amide bonds. The molecule has 1 aliphatic rings. The summed E-state index contributed by atoms with van der Waals surface area (Å²) in [5.41, 5.74) is 7.98. The van der Waals surface area contributed by atoms with Crippen LogP contribution < -0.4 is 15.8 Å². The second-order valence-electron chi connectivity index (χ2n) is 4.92. The van der Waals surface area contributed by atoms with Gasteiger partial charge in [-0.3, -0.25) is 4.79 Å². The molecule has 0 spiro atoms. The molecule has 0 aromatic heterocycles. The lowest BCUT2D eigenvalue weighted by atomic mass is 10.1. The number of primary sulfonamides is 1. The Morgan fingerprint density at radius 1 is 1.42 bits per heavy atom. The number of sulfonamides is 1. The van der Waals surface area contributed by atoms with Crippen molar-refractivity contribution in [3.05, 3.63) is 23.8 Å². The molecule has 0 aliphatic carbocycles. The van der Waals surface area contributed by atoms with Gasteiger partial charge in [-0.15, -0.1) is 0 Å². The van der Waals surface area contributed by atoms with Crippen LogP contribution in [0.3, 0.4) is 0 Å². The van der Waals surface area contributed by atoms with E-state index < -0.39 is 10.0 Å². The number of hydrogen-bond acceptors (Lipinski definition) is 4. The third-order valence-corrected chi connectivity index (χ3v) is 4.15. The van der Waals surface area contributed by atoms with Crippen LogP contribution in [0.4, 0.5) is 11.4 Å². The quantitative estimate of drug-likeness (QED) is 0.774. The second-order valence-corrected chi connectivity index (χ2v) is 6.58. The number of rotatable bonds is 3. The van der Waals surface area contributed by atoms with Crippen molar-refractivity contribution in [3.8, 4) is 0 Å². The molecule has 1 aromatic rings. The van der Waals surface area contributed by atoms with Crippen molar-refractivity contribution in [1.82, 2.24) is 0 Å². The summed E-state index contributed by atoms with van der Waals surface area (Å²) in [6.07, 6.45) is 0.185. The molecule has 1 fully saturated rings. The van der Waals surface area contributed by atoms with Gasteiger partial charge in [0, 0.05) is 18.9 Å². The summed E-state index contributed by atoms with van der Waals surface area (Å²) < 4.78 is 22.2. The average Bonchev–Trinajstić information content (AvgIpc) is 2.56. The smallest absolute Gasteiger partial charge is 0.227 e. The lowest BCUT2D eigenvalue weighted by Crippen LogP contribution is -2.28. The van der Waals surface area contributed by atoms with Crippen LogP contribution in [-0.4, -0.2) is 26.6 Å². The van der Waals surface area contributed by atoms with Gasteiger partial charge in [0.15, 0.2) is 0 Å². The minimum absolute atomic E-state index is 0.116. The summed E-state index contributed by atoms with van der Waals surface area (Å²) in [5.74, 6) is -0.572. The number of nitrogens with two attached hydrogens (primary N) is 2. The zero-order valence-electron chi connectivity index (χ0n) is 10.7. The van der Waals surface area contributed by atoms with E-state index >= 15 is 0 Å². The molecule has 6 nitrogen and oxygen atoms in total. The van der Waals surface area contributed by atoms with Crippen LogP contribution in [0.15, 0.2) is 18.2 Å². The third kappa shape index (κ3) is 3.05. The van der Waals surface area contributed by atoms with Gasteiger partial charge in [0.25, 0.3) is 0 Å². The molecule has 1 heterocycles. The zero-order valence-corrected chi connectivity index (χ0v) is 11.5. The van der Waals surface area contributed by atoms with Crippen LogP contribution in [0.25, 0.3) is 0 Å². The van der Waals surface area contributed by atoms with Crippen LogP contribution in [0, 0.1) is 12.8 Å². The normalized spacial score (nSPS) is 20.0. The van der Waals surface area contributed by atoms with Crippen molar-refractivity contribution in [2.45, 2.75) is 13.3 Å². The zero-order chi connectivity index (χ0) is 14.2. The van der Waals surface area contributed by atoms with Gasteiger partial charge in [-0.05, 0) is 18.6 Å². The van der Waals surface area contributed by atoms with Crippen molar-refractivity contribution >= 4 is 27.3 Å². The molecule has 7 heteroatoms. The Morgan fingerprint density at radius 2 is 2.11 bits per heavy atom. The molecule has 104 valence electrons. The number of carbonyl (C=O) groups excluding carboxylic acids is 1. The Bertz CT molecular complexity index is 592. The maximum atomic E-state index is 12.0. The van der Waals surface area contributed by atoms with Gasteiger partial charge in [0.2, 0.25) is 15.9 Å². The molecule has 1 aliphatic heterocycles. The molecule has 1 unspecified atom stereocenters. The first-order valence-corrected chi connectivity index (χ1v) is 7.65. The topological polar surface area (TPSA) is 106 Å². The van der Waals surface area contributed by atoms with E-state index in [4.69, 9.17) is 10.9 Å². The summed E-state index contributed by atoms with van der Waals surface area (Å²) in [7, 11) is -3.57. The lowest BCUT2D eigenvalue weighted by molar-refractivity contribution is -0.117. The van der Waals surface area contributed by atoms with E-state index in [1.165, 1.54) is 0 Å². The number of nitrogen functional groups attached to an aromatic ring is 1. The average molecular weight is 283 g/mol. The summed E-state index contributed by atoms with van der Waals surface area (Å²) >= 11 is 0. The predicted molar refractivity (Wildman–Crippen MR) is 74.0 cm³/mol. The summed E-state index contributed by atoms with van der Waals surface area (Å²) in [6, 6.07) is 5.41. The Balaban J connectivity index is 2.26. The maximum absolute atomic E-state index is 12.0. The second kappa shape index (κ2) is 4.82. The molecular formula is C12H17N3O3S. The summed E-state index contributed by atoms with van der Waals surface area (Å²) in [4.78, 5) is 13.6. The molecule has 0 radical (unpaired) electrons. The molecule has 4 N–H and O–H groups in total. The standard InChI is InChI=1S/C12H17N3O3S/c1-8-3-2-4-10(13)12(8)15-6-9(5-11(15)16)7-19(14,17)18/h2-4,9H,5-7,13H2,1H3,(H2,14,17,18). The van der Waals surface area contributed by atoms with Crippen molar-refractivity contribution in [2.24, 2.45) is 11.1 Å². The van der Waals surface area contributed by atoms with Crippen molar-refractivity contribution in [1.29, 1.82) is 0 Å². The van der Waals surface area contributed by atoms with Gasteiger partial charge in [-0.25, -0.2) is 13.6 Å². The van der Waals surface area contributed by atoms with Crippen molar-refractivity contribution in [3.63, 3.8) is 0 Å². The first-order chi connectivity index (χ1) is 8.78. The predicted octanol–water partition coefficient (Wildman–Crippen LogP) is 0.219. The first-order valence-electron chi connectivity index (χ1n) is 5.94. The van der Waals surface area contributed by atoms with Gasteiger partial charge in [-0.2, -0.15) is 0 Å².